The molecular weight excluding hydrogens is 269 g/mol. The summed E-state index contributed by atoms with van der Waals surface area (Å²) in [6.45, 7) is 5.90. The van der Waals surface area contributed by atoms with Crippen molar-refractivity contribution in [2.45, 2.75) is 39.2 Å². The van der Waals surface area contributed by atoms with E-state index in [1.165, 1.54) is 31.0 Å². The molecule has 21 heavy (non-hydrogen) atoms. The van der Waals surface area contributed by atoms with Crippen LogP contribution in [0.4, 0.5) is 15.8 Å². The zero-order chi connectivity index (χ0) is 15.4. The minimum atomic E-state index is -0.403. The largest absolute Gasteiger partial charge is 0.397 e. The molecule has 4 nitrogen and oxygen atoms in total. The number of carbonyl (C=O) groups is 1. The van der Waals surface area contributed by atoms with Crippen LogP contribution >= 0.6 is 0 Å². The average Bonchev–Trinajstić information content (AvgIpc) is 3.24. The Bertz CT molecular complexity index is 502. The summed E-state index contributed by atoms with van der Waals surface area (Å²) in [7, 11) is 0. The second-order valence-electron chi connectivity index (χ2n) is 5.84. The third-order valence-corrected chi connectivity index (χ3v) is 3.90. The van der Waals surface area contributed by atoms with E-state index in [4.69, 9.17) is 5.73 Å². The van der Waals surface area contributed by atoms with Crippen LogP contribution in [0.25, 0.3) is 0 Å². The molecular formula is C16H24FN3O. The Morgan fingerprint density at radius 3 is 2.81 bits per heavy atom. The number of nitrogens with two attached hydrogens (primary N) is 1. The lowest BCUT2D eigenvalue weighted by molar-refractivity contribution is -0.120. The van der Waals surface area contributed by atoms with E-state index >= 15 is 0 Å². The molecule has 0 aliphatic heterocycles. The Kier molecular flexibility index (Phi) is 5.17. The molecule has 1 aliphatic carbocycles. The Morgan fingerprint density at radius 2 is 2.24 bits per heavy atom. The smallest absolute Gasteiger partial charge is 0.241 e. The quantitative estimate of drug-likeness (QED) is 0.760. The lowest BCUT2D eigenvalue weighted by Crippen LogP contribution is -2.43. The van der Waals surface area contributed by atoms with Crippen molar-refractivity contribution >= 4 is 17.3 Å². The average molecular weight is 293 g/mol. The molecule has 0 radical (unpaired) electrons. The second-order valence-corrected chi connectivity index (χ2v) is 5.84. The highest BCUT2D eigenvalue weighted by atomic mass is 19.1. The van der Waals surface area contributed by atoms with Crippen LogP contribution in [0.5, 0.6) is 0 Å². The van der Waals surface area contributed by atoms with Crippen molar-refractivity contribution in [2.75, 3.05) is 24.1 Å². The molecule has 1 unspecified atom stereocenters. The number of nitrogens with zero attached hydrogens (tertiary/aromatic N) is 1. The number of hydrogen-bond acceptors (Lipinski definition) is 3. The van der Waals surface area contributed by atoms with E-state index in [1.54, 1.807) is 0 Å². The first-order chi connectivity index (χ1) is 10.0. The summed E-state index contributed by atoms with van der Waals surface area (Å²) in [5.74, 6) is 0.241. The summed E-state index contributed by atoms with van der Waals surface area (Å²) in [5.41, 5.74) is 6.45. The van der Waals surface area contributed by atoms with Gasteiger partial charge in [0.1, 0.15) is 5.82 Å². The zero-order valence-electron chi connectivity index (χ0n) is 12.7. The lowest BCUT2D eigenvalue weighted by Gasteiger charge is -2.28. The number of rotatable bonds is 7. The number of anilines is 2. The van der Waals surface area contributed by atoms with Gasteiger partial charge < -0.3 is 11.1 Å². The van der Waals surface area contributed by atoms with Gasteiger partial charge in [-0.2, -0.15) is 0 Å². The zero-order valence-corrected chi connectivity index (χ0v) is 12.7. The van der Waals surface area contributed by atoms with Crippen molar-refractivity contribution in [3.63, 3.8) is 0 Å². The molecule has 1 atom stereocenters. The fourth-order valence-corrected chi connectivity index (χ4v) is 2.41. The van der Waals surface area contributed by atoms with Crippen molar-refractivity contribution in [3.8, 4) is 0 Å². The van der Waals surface area contributed by atoms with Crippen LogP contribution < -0.4 is 11.1 Å². The van der Waals surface area contributed by atoms with Crippen molar-refractivity contribution in [1.82, 2.24) is 4.90 Å². The Balaban J connectivity index is 1.99. The Labute approximate surface area is 125 Å². The van der Waals surface area contributed by atoms with Gasteiger partial charge in [-0.1, -0.05) is 6.92 Å². The van der Waals surface area contributed by atoms with Gasteiger partial charge >= 0.3 is 0 Å². The molecule has 0 aromatic heterocycles. The van der Waals surface area contributed by atoms with E-state index in [1.807, 2.05) is 6.92 Å². The molecule has 1 fully saturated rings. The van der Waals surface area contributed by atoms with Gasteiger partial charge in [0.05, 0.1) is 17.4 Å². The van der Waals surface area contributed by atoms with Gasteiger partial charge in [-0.25, -0.2) is 4.39 Å². The third kappa shape index (κ3) is 4.43. The van der Waals surface area contributed by atoms with Gasteiger partial charge in [-0.15, -0.1) is 0 Å². The van der Waals surface area contributed by atoms with E-state index in [9.17, 15) is 9.18 Å². The molecule has 0 heterocycles. The SMILES string of the molecule is CCCN(CC1CC1)C(C)C(=O)Nc1ccc(F)cc1N. The second kappa shape index (κ2) is 6.89. The summed E-state index contributed by atoms with van der Waals surface area (Å²) in [5, 5.41) is 2.80. The van der Waals surface area contributed by atoms with E-state index in [-0.39, 0.29) is 17.6 Å². The van der Waals surface area contributed by atoms with Gasteiger partial charge in [0.2, 0.25) is 5.91 Å². The topological polar surface area (TPSA) is 58.4 Å². The molecule has 3 N–H and O–H groups in total. The third-order valence-electron chi connectivity index (χ3n) is 3.90. The standard InChI is InChI=1S/C16H24FN3O/c1-3-8-20(10-12-4-5-12)11(2)16(21)19-15-7-6-13(17)9-14(15)18/h6-7,9,11-12H,3-5,8,10,18H2,1-2H3,(H,19,21). The number of hydrogen-bond donors (Lipinski definition) is 2. The van der Waals surface area contributed by atoms with Crippen LogP contribution in [0.1, 0.15) is 33.1 Å². The van der Waals surface area contributed by atoms with Crippen molar-refractivity contribution in [3.05, 3.63) is 24.0 Å². The normalized spacial score (nSPS) is 16.0. The van der Waals surface area contributed by atoms with Crippen LogP contribution in [0.2, 0.25) is 0 Å². The summed E-state index contributed by atoms with van der Waals surface area (Å²) < 4.78 is 13.0. The maximum absolute atomic E-state index is 13.0. The van der Waals surface area contributed by atoms with Gasteiger partial charge in [-0.3, -0.25) is 9.69 Å². The first-order valence-corrected chi connectivity index (χ1v) is 7.61. The van der Waals surface area contributed by atoms with Gasteiger partial charge in [-0.05, 0) is 56.8 Å². The summed E-state index contributed by atoms with van der Waals surface area (Å²) >= 11 is 0. The number of carbonyl (C=O) groups excluding carboxylic acids is 1. The molecule has 1 aliphatic rings. The van der Waals surface area contributed by atoms with Crippen LogP contribution in [-0.2, 0) is 4.79 Å². The maximum Gasteiger partial charge on any atom is 0.241 e. The molecule has 0 bridgehead atoms. The monoisotopic (exact) mass is 293 g/mol. The number of nitrogens with one attached hydrogen (secondary N) is 1. The highest BCUT2D eigenvalue weighted by molar-refractivity contribution is 5.97. The van der Waals surface area contributed by atoms with Crippen molar-refractivity contribution in [2.24, 2.45) is 5.92 Å². The fraction of sp³-hybridized carbons (Fsp3) is 0.562. The van der Waals surface area contributed by atoms with Gasteiger partial charge in [0.15, 0.2) is 0 Å². The summed E-state index contributed by atoms with van der Waals surface area (Å²) in [6, 6.07) is 3.80. The maximum atomic E-state index is 13.0. The molecule has 1 aromatic rings. The molecule has 0 spiro atoms. The van der Waals surface area contributed by atoms with Gasteiger partial charge in [0, 0.05) is 6.54 Å². The van der Waals surface area contributed by atoms with E-state index in [0.717, 1.165) is 25.4 Å². The molecule has 1 amide bonds. The highest BCUT2D eigenvalue weighted by Gasteiger charge is 2.28. The molecule has 116 valence electrons. The summed E-state index contributed by atoms with van der Waals surface area (Å²) in [6.07, 6.45) is 3.54. The lowest BCUT2D eigenvalue weighted by atomic mass is 10.2. The first-order valence-electron chi connectivity index (χ1n) is 7.61. The molecule has 5 heteroatoms. The predicted octanol–water partition coefficient (Wildman–Crippen LogP) is 2.86. The summed E-state index contributed by atoms with van der Waals surface area (Å²) in [4.78, 5) is 14.6. The fourth-order valence-electron chi connectivity index (χ4n) is 2.41. The Hall–Kier alpha value is -1.62. The van der Waals surface area contributed by atoms with Crippen LogP contribution in [0.3, 0.4) is 0 Å². The molecule has 0 saturated heterocycles. The molecule has 1 aromatic carbocycles. The minimum absolute atomic E-state index is 0.0950. The number of amides is 1. The van der Waals surface area contributed by atoms with Crippen molar-refractivity contribution < 1.29 is 9.18 Å². The van der Waals surface area contributed by atoms with Crippen molar-refractivity contribution in [1.29, 1.82) is 0 Å². The van der Waals surface area contributed by atoms with E-state index in [2.05, 4.69) is 17.1 Å². The number of nitrogen functional groups attached to an aromatic ring is 1. The first kappa shape index (κ1) is 15.8. The highest BCUT2D eigenvalue weighted by Crippen LogP contribution is 2.30. The number of halogens is 1. The van der Waals surface area contributed by atoms with Crippen LogP contribution in [0, 0.1) is 11.7 Å². The minimum Gasteiger partial charge on any atom is -0.397 e. The number of benzene rings is 1. The van der Waals surface area contributed by atoms with Crippen LogP contribution in [0.15, 0.2) is 18.2 Å². The molecule has 2 rings (SSSR count). The van der Waals surface area contributed by atoms with E-state index in [0.29, 0.717) is 5.69 Å². The predicted molar refractivity (Wildman–Crippen MR) is 83.5 cm³/mol. The van der Waals surface area contributed by atoms with Gasteiger partial charge in [0.25, 0.3) is 0 Å². The van der Waals surface area contributed by atoms with Crippen LogP contribution in [-0.4, -0.2) is 29.9 Å². The van der Waals surface area contributed by atoms with E-state index < -0.39 is 5.82 Å². The molecule has 1 saturated carbocycles. The Morgan fingerprint density at radius 1 is 1.52 bits per heavy atom.